The Balaban J connectivity index is 1.33. The molecule has 2 aromatic carbocycles. The highest BCUT2D eigenvalue weighted by molar-refractivity contribution is 6.10. The maximum atomic E-state index is 14.9. The molecule has 38 heavy (non-hydrogen) atoms. The third-order valence-electron chi connectivity index (χ3n) is 7.12. The lowest BCUT2D eigenvalue weighted by molar-refractivity contribution is -0.120. The highest BCUT2D eigenvalue weighted by Crippen LogP contribution is 2.28. The number of aliphatic imine (C=N–C) groups is 1. The minimum absolute atomic E-state index is 0.0812. The second-order valence-electron chi connectivity index (χ2n) is 9.89. The van der Waals surface area contributed by atoms with Crippen molar-refractivity contribution in [3.8, 4) is 0 Å². The van der Waals surface area contributed by atoms with Gasteiger partial charge in [-0.1, -0.05) is 43.2 Å². The molecule has 1 saturated carbocycles. The Bertz CT molecular complexity index is 1400. The SMILES string of the molecule is NC(=O)C1CC(F)=C(N[C@@H]2CCCC[C@@H]2N)N=C1Nc1ccc2[nH]c(C(=O)NCc3ccccc3)cc2c1. The zero-order valence-corrected chi connectivity index (χ0v) is 21.0. The molecule has 1 aromatic heterocycles. The quantitative estimate of drug-likeness (QED) is 0.284. The Morgan fingerprint density at radius 1 is 1.08 bits per heavy atom. The Morgan fingerprint density at radius 2 is 1.87 bits per heavy atom. The molecule has 10 heteroatoms. The van der Waals surface area contributed by atoms with E-state index in [9.17, 15) is 14.0 Å². The summed E-state index contributed by atoms with van der Waals surface area (Å²) in [4.78, 5) is 32.4. The number of aromatic nitrogens is 1. The molecule has 8 N–H and O–H groups in total. The number of aromatic amines is 1. The van der Waals surface area contributed by atoms with Crippen LogP contribution < -0.4 is 27.4 Å². The van der Waals surface area contributed by atoms with Gasteiger partial charge in [-0.2, -0.15) is 0 Å². The number of amides is 2. The predicted molar refractivity (Wildman–Crippen MR) is 146 cm³/mol. The monoisotopic (exact) mass is 517 g/mol. The number of nitrogens with zero attached hydrogens (tertiary/aromatic N) is 1. The number of H-pyrrole nitrogens is 1. The van der Waals surface area contributed by atoms with Crippen molar-refractivity contribution in [2.75, 3.05) is 5.32 Å². The number of carbonyl (C=O) groups is 2. The first-order valence-corrected chi connectivity index (χ1v) is 12.9. The Morgan fingerprint density at radius 3 is 2.63 bits per heavy atom. The molecule has 1 fully saturated rings. The number of amidine groups is 1. The van der Waals surface area contributed by atoms with E-state index in [1.54, 1.807) is 12.1 Å². The van der Waals surface area contributed by atoms with Gasteiger partial charge in [-0.15, -0.1) is 0 Å². The molecular formula is C28H32FN7O2. The third-order valence-corrected chi connectivity index (χ3v) is 7.12. The van der Waals surface area contributed by atoms with Gasteiger partial charge in [0.2, 0.25) is 5.91 Å². The van der Waals surface area contributed by atoms with Gasteiger partial charge in [-0.3, -0.25) is 9.59 Å². The standard InChI is InChI=1S/C28H32FN7O2/c29-20-14-19(25(31)37)26(36-27(20)35-23-9-5-4-8-21(23)30)33-18-10-11-22-17(12-18)13-24(34-22)28(38)32-15-16-6-2-1-3-7-16/h1-3,6-7,10-13,19,21,23,34-35H,4-5,8-9,14-15,30H2,(H2,31,37)(H,32,38)(H,33,36)/t19?,21-,23+/m0/s1. The number of nitrogens with two attached hydrogens (primary N) is 2. The van der Waals surface area contributed by atoms with Crippen LogP contribution in [-0.4, -0.2) is 34.7 Å². The lowest BCUT2D eigenvalue weighted by Gasteiger charge is -2.32. The van der Waals surface area contributed by atoms with Gasteiger partial charge in [-0.25, -0.2) is 9.38 Å². The second-order valence-corrected chi connectivity index (χ2v) is 9.89. The van der Waals surface area contributed by atoms with Crippen LogP contribution in [0.15, 0.2) is 71.2 Å². The van der Waals surface area contributed by atoms with Crippen molar-refractivity contribution in [1.29, 1.82) is 0 Å². The van der Waals surface area contributed by atoms with E-state index in [0.29, 0.717) is 17.9 Å². The minimum Gasteiger partial charge on any atom is -0.369 e. The van der Waals surface area contributed by atoms with Crippen molar-refractivity contribution >= 4 is 34.2 Å². The van der Waals surface area contributed by atoms with Crippen LogP contribution in [0.1, 0.15) is 48.2 Å². The number of benzene rings is 2. The average molecular weight is 518 g/mol. The minimum atomic E-state index is -0.929. The Labute approximate surface area is 220 Å². The maximum absolute atomic E-state index is 14.9. The summed E-state index contributed by atoms with van der Waals surface area (Å²) >= 11 is 0. The number of nitrogens with one attached hydrogen (secondary N) is 4. The molecule has 0 bridgehead atoms. The largest absolute Gasteiger partial charge is 0.369 e. The fraction of sp³-hybridized carbons (Fsp3) is 0.321. The van der Waals surface area contributed by atoms with Crippen LogP contribution in [-0.2, 0) is 11.3 Å². The molecule has 3 atom stereocenters. The molecule has 3 aromatic rings. The van der Waals surface area contributed by atoms with E-state index < -0.39 is 17.7 Å². The summed E-state index contributed by atoms with van der Waals surface area (Å²) in [5, 5.41) is 10.0. The van der Waals surface area contributed by atoms with E-state index in [0.717, 1.165) is 42.1 Å². The smallest absolute Gasteiger partial charge is 0.267 e. The summed E-state index contributed by atoms with van der Waals surface area (Å²) < 4.78 is 14.9. The van der Waals surface area contributed by atoms with E-state index in [1.165, 1.54) is 0 Å². The second kappa shape index (κ2) is 11.1. The van der Waals surface area contributed by atoms with Gasteiger partial charge in [0, 0.05) is 41.6 Å². The molecular weight excluding hydrogens is 485 g/mol. The molecule has 1 aliphatic carbocycles. The molecule has 2 amide bonds. The first-order chi connectivity index (χ1) is 18.4. The Hall–Kier alpha value is -4.18. The highest BCUT2D eigenvalue weighted by atomic mass is 19.1. The molecule has 0 saturated heterocycles. The number of carbonyl (C=O) groups excluding carboxylic acids is 2. The van der Waals surface area contributed by atoms with E-state index in [-0.39, 0.29) is 36.1 Å². The molecule has 198 valence electrons. The van der Waals surface area contributed by atoms with Crippen molar-refractivity contribution in [2.45, 2.75) is 50.7 Å². The van der Waals surface area contributed by atoms with Gasteiger partial charge in [0.25, 0.3) is 5.91 Å². The van der Waals surface area contributed by atoms with Crippen LogP contribution in [0, 0.1) is 5.92 Å². The fourth-order valence-electron chi connectivity index (χ4n) is 4.96. The van der Waals surface area contributed by atoms with Gasteiger partial charge in [-0.05, 0) is 42.7 Å². The predicted octanol–water partition coefficient (Wildman–Crippen LogP) is 3.41. The molecule has 9 nitrogen and oxygen atoms in total. The number of hydrogen-bond acceptors (Lipinski definition) is 6. The number of halogens is 1. The summed E-state index contributed by atoms with van der Waals surface area (Å²) in [5.74, 6) is -1.97. The number of fused-ring (bicyclic) bond motifs is 1. The molecule has 0 radical (unpaired) electrons. The number of anilines is 1. The summed E-state index contributed by atoms with van der Waals surface area (Å²) in [6.45, 7) is 0.419. The van der Waals surface area contributed by atoms with Crippen molar-refractivity contribution in [2.24, 2.45) is 22.4 Å². The number of allylic oxidation sites excluding steroid dienone is 1. The number of rotatable bonds is 7. The highest BCUT2D eigenvalue weighted by Gasteiger charge is 2.32. The molecule has 2 aliphatic rings. The van der Waals surface area contributed by atoms with Gasteiger partial charge >= 0.3 is 0 Å². The topological polar surface area (TPSA) is 150 Å². The van der Waals surface area contributed by atoms with Crippen LogP contribution in [0.3, 0.4) is 0 Å². The van der Waals surface area contributed by atoms with E-state index >= 15 is 0 Å². The van der Waals surface area contributed by atoms with Crippen molar-refractivity contribution in [1.82, 2.24) is 15.6 Å². The molecule has 1 aliphatic heterocycles. The van der Waals surface area contributed by atoms with Crippen LogP contribution in [0.4, 0.5) is 10.1 Å². The van der Waals surface area contributed by atoms with Gasteiger partial charge < -0.3 is 32.4 Å². The molecule has 5 rings (SSSR count). The lowest BCUT2D eigenvalue weighted by atomic mass is 9.91. The van der Waals surface area contributed by atoms with E-state index in [2.05, 4.69) is 25.9 Å². The average Bonchev–Trinajstić information content (AvgIpc) is 3.34. The Kier molecular flexibility index (Phi) is 7.41. The van der Waals surface area contributed by atoms with Crippen LogP contribution >= 0.6 is 0 Å². The fourth-order valence-corrected chi connectivity index (χ4v) is 4.96. The first-order valence-electron chi connectivity index (χ1n) is 12.9. The summed E-state index contributed by atoms with van der Waals surface area (Å²) in [5.41, 5.74) is 14.6. The normalized spacial score (nSPS) is 21.6. The van der Waals surface area contributed by atoms with Crippen LogP contribution in [0.2, 0.25) is 0 Å². The van der Waals surface area contributed by atoms with Gasteiger partial charge in [0.15, 0.2) is 5.82 Å². The molecule has 2 heterocycles. The van der Waals surface area contributed by atoms with E-state index in [4.69, 9.17) is 11.5 Å². The summed E-state index contributed by atoms with van der Waals surface area (Å²) in [7, 11) is 0. The van der Waals surface area contributed by atoms with Gasteiger partial charge in [0.05, 0.1) is 0 Å². The van der Waals surface area contributed by atoms with Crippen molar-refractivity contribution < 1.29 is 14.0 Å². The van der Waals surface area contributed by atoms with Gasteiger partial charge in [0.1, 0.15) is 23.3 Å². The first kappa shape index (κ1) is 25.5. The molecule has 1 unspecified atom stereocenters. The van der Waals surface area contributed by atoms with Crippen molar-refractivity contribution in [3.63, 3.8) is 0 Å². The summed E-state index contributed by atoms with van der Waals surface area (Å²) in [6, 6.07) is 16.7. The van der Waals surface area contributed by atoms with E-state index in [1.807, 2.05) is 42.5 Å². The third kappa shape index (κ3) is 5.70. The lowest BCUT2D eigenvalue weighted by Crippen LogP contribution is -2.47. The molecule has 0 spiro atoms. The maximum Gasteiger partial charge on any atom is 0.267 e. The van der Waals surface area contributed by atoms with Crippen LogP contribution in [0.25, 0.3) is 10.9 Å². The van der Waals surface area contributed by atoms with Crippen molar-refractivity contribution in [3.05, 3.63) is 77.5 Å². The van der Waals surface area contributed by atoms with Crippen LogP contribution in [0.5, 0.6) is 0 Å². The summed E-state index contributed by atoms with van der Waals surface area (Å²) in [6.07, 6.45) is 3.60. The zero-order chi connectivity index (χ0) is 26.6. The number of primary amides is 1. The zero-order valence-electron chi connectivity index (χ0n) is 21.0. The number of hydrogen-bond donors (Lipinski definition) is 6.